The van der Waals surface area contributed by atoms with Crippen LogP contribution in [-0.4, -0.2) is 19.7 Å². The second-order valence-corrected chi connectivity index (χ2v) is 4.66. The molecule has 0 aliphatic rings. The van der Waals surface area contributed by atoms with Gasteiger partial charge in [0.15, 0.2) is 5.82 Å². The maximum atomic E-state index is 12.6. The van der Waals surface area contributed by atoms with Gasteiger partial charge in [-0.3, -0.25) is 0 Å². The molecule has 8 heteroatoms. The molecule has 0 atom stereocenters. The molecule has 0 saturated carbocycles. The van der Waals surface area contributed by atoms with Crippen molar-refractivity contribution in [1.29, 1.82) is 0 Å². The summed E-state index contributed by atoms with van der Waals surface area (Å²) < 4.78 is 38.8. The number of nitrogens with zero attached hydrogens (tertiary/aromatic N) is 4. The molecule has 0 unspecified atom stereocenters. The van der Waals surface area contributed by atoms with Gasteiger partial charge in [-0.2, -0.15) is 18.3 Å². The fraction of sp³-hybridized carbons (Fsp3) is 0.417. The Labute approximate surface area is 118 Å². The van der Waals surface area contributed by atoms with E-state index in [4.69, 9.17) is 11.6 Å². The third-order valence-electron chi connectivity index (χ3n) is 2.71. The third kappa shape index (κ3) is 2.92. The molecular weight excluding hydrogens is 293 g/mol. The topological polar surface area (TPSA) is 43.6 Å². The first-order valence-electron chi connectivity index (χ1n) is 5.98. The number of halogens is 4. The smallest absolute Gasteiger partial charge is 0.222 e. The second-order valence-electron chi connectivity index (χ2n) is 4.30. The first-order valence-corrected chi connectivity index (χ1v) is 6.36. The number of hydrogen-bond donors (Lipinski definition) is 0. The Hall–Kier alpha value is -1.63. The fourth-order valence-electron chi connectivity index (χ4n) is 1.66. The molecule has 108 valence electrons. The van der Waals surface area contributed by atoms with Gasteiger partial charge in [0.25, 0.3) is 0 Å². The molecule has 2 rings (SSSR count). The molecule has 20 heavy (non-hydrogen) atoms. The number of rotatable bonds is 3. The number of alkyl halides is 3. The van der Waals surface area contributed by atoms with Crippen molar-refractivity contribution in [1.82, 2.24) is 19.7 Å². The summed E-state index contributed by atoms with van der Waals surface area (Å²) in [5, 5.41) is 3.93. The van der Waals surface area contributed by atoms with Gasteiger partial charge in [-0.15, -0.1) is 0 Å². The van der Waals surface area contributed by atoms with Crippen LogP contribution in [0, 0.1) is 6.92 Å². The van der Waals surface area contributed by atoms with Crippen LogP contribution in [0.3, 0.4) is 0 Å². The Morgan fingerprint density at radius 1 is 1.30 bits per heavy atom. The van der Waals surface area contributed by atoms with E-state index in [1.165, 1.54) is 0 Å². The van der Waals surface area contributed by atoms with Gasteiger partial charge in [0, 0.05) is 18.2 Å². The maximum Gasteiger partial charge on any atom is 0.419 e. The lowest BCUT2D eigenvalue weighted by molar-refractivity contribution is -0.137. The molecule has 2 aromatic rings. The van der Waals surface area contributed by atoms with Gasteiger partial charge in [0.2, 0.25) is 0 Å². The van der Waals surface area contributed by atoms with Crippen molar-refractivity contribution >= 4 is 11.6 Å². The van der Waals surface area contributed by atoms with Crippen molar-refractivity contribution in [2.24, 2.45) is 0 Å². The van der Waals surface area contributed by atoms with Gasteiger partial charge in [0.1, 0.15) is 11.0 Å². The van der Waals surface area contributed by atoms with E-state index in [0.717, 1.165) is 23.5 Å². The van der Waals surface area contributed by atoms with Crippen molar-refractivity contribution in [2.75, 3.05) is 0 Å². The highest BCUT2D eigenvalue weighted by atomic mass is 35.5. The van der Waals surface area contributed by atoms with Crippen molar-refractivity contribution in [3.63, 3.8) is 0 Å². The van der Waals surface area contributed by atoms with Crippen LogP contribution >= 0.6 is 11.6 Å². The largest absolute Gasteiger partial charge is 0.419 e. The van der Waals surface area contributed by atoms with Gasteiger partial charge in [-0.1, -0.05) is 18.5 Å². The number of aryl methyl sites for hydroxylation is 1. The number of aromatic nitrogens is 4. The van der Waals surface area contributed by atoms with Crippen LogP contribution in [0.15, 0.2) is 12.4 Å². The van der Waals surface area contributed by atoms with Crippen molar-refractivity contribution in [3.8, 4) is 5.82 Å². The van der Waals surface area contributed by atoms with Crippen LogP contribution in [0.2, 0.25) is 5.15 Å². The lowest BCUT2D eigenvalue weighted by atomic mass is 10.3. The third-order valence-corrected chi connectivity index (χ3v) is 3.08. The van der Waals surface area contributed by atoms with E-state index in [9.17, 15) is 13.2 Å². The zero-order valence-electron chi connectivity index (χ0n) is 10.9. The summed E-state index contributed by atoms with van der Waals surface area (Å²) in [4.78, 5) is 8.32. The molecule has 0 aliphatic carbocycles. The molecule has 0 spiro atoms. The van der Waals surface area contributed by atoms with Gasteiger partial charge in [-0.25, -0.2) is 14.6 Å². The van der Waals surface area contributed by atoms with Crippen LogP contribution in [0.4, 0.5) is 13.2 Å². The summed E-state index contributed by atoms with van der Waals surface area (Å²) in [5.74, 6) is 0.756. The molecule has 0 amide bonds. The molecule has 2 aromatic heterocycles. The molecule has 0 fully saturated rings. The highest BCUT2D eigenvalue weighted by molar-refractivity contribution is 6.30. The SMILES string of the molecule is CCCc1nc(Cl)c(C)c(-n2cc(C(F)(F)F)cn2)n1. The normalized spacial score (nSPS) is 11.9. The lowest BCUT2D eigenvalue weighted by Gasteiger charge is -2.08. The van der Waals surface area contributed by atoms with E-state index in [0.29, 0.717) is 17.8 Å². The van der Waals surface area contributed by atoms with E-state index in [1.807, 2.05) is 6.92 Å². The predicted molar refractivity (Wildman–Crippen MR) is 67.9 cm³/mol. The summed E-state index contributed by atoms with van der Waals surface area (Å²) >= 11 is 5.99. The Morgan fingerprint density at radius 3 is 2.55 bits per heavy atom. The second kappa shape index (κ2) is 5.40. The Balaban J connectivity index is 2.49. The van der Waals surface area contributed by atoms with Crippen LogP contribution in [-0.2, 0) is 12.6 Å². The molecule has 0 bridgehead atoms. The molecule has 0 aromatic carbocycles. The summed E-state index contributed by atoms with van der Waals surface area (Å²) in [6, 6.07) is 0. The Bertz CT molecular complexity index is 622. The molecule has 0 radical (unpaired) electrons. The minimum atomic E-state index is -4.44. The van der Waals surface area contributed by atoms with Gasteiger partial charge < -0.3 is 0 Å². The predicted octanol–water partition coefficient (Wildman–Crippen LogP) is 3.60. The van der Waals surface area contributed by atoms with Crippen molar-refractivity contribution in [3.05, 3.63) is 34.5 Å². The van der Waals surface area contributed by atoms with Gasteiger partial charge in [0.05, 0.1) is 11.8 Å². The standard InChI is InChI=1S/C12H12ClF3N4/c1-3-4-9-18-10(13)7(2)11(19-9)20-6-8(5-17-20)12(14,15)16/h5-6H,3-4H2,1-2H3. The van der Waals surface area contributed by atoms with E-state index < -0.39 is 11.7 Å². The van der Waals surface area contributed by atoms with Crippen LogP contribution < -0.4 is 0 Å². The maximum absolute atomic E-state index is 12.6. The summed E-state index contributed by atoms with van der Waals surface area (Å²) in [6.45, 7) is 3.59. The molecule has 4 nitrogen and oxygen atoms in total. The fourth-order valence-corrected chi connectivity index (χ4v) is 1.85. The van der Waals surface area contributed by atoms with E-state index in [1.54, 1.807) is 6.92 Å². The van der Waals surface area contributed by atoms with Crippen LogP contribution in [0.25, 0.3) is 5.82 Å². The zero-order chi connectivity index (χ0) is 14.9. The minimum absolute atomic E-state index is 0.225. The highest BCUT2D eigenvalue weighted by Gasteiger charge is 2.32. The monoisotopic (exact) mass is 304 g/mol. The molecule has 0 N–H and O–H groups in total. The molecule has 0 aliphatic heterocycles. The summed E-state index contributed by atoms with van der Waals surface area (Å²) in [5.41, 5.74) is -0.341. The van der Waals surface area contributed by atoms with E-state index >= 15 is 0 Å². The summed E-state index contributed by atoms with van der Waals surface area (Å²) in [6.07, 6.45) is -1.38. The van der Waals surface area contributed by atoms with Gasteiger partial charge >= 0.3 is 6.18 Å². The quantitative estimate of drug-likeness (QED) is 0.814. The minimum Gasteiger partial charge on any atom is -0.222 e. The molecular formula is C12H12ClF3N4. The summed E-state index contributed by atoms with van der Waals surface area (Å²) in [7, 11) is 0. The molecule has 0 saturated heterocycles. The zero-order valence-corrected chi connectivity index (χ0v) is 11.6. The van der Waals surface area contributed by atoms with E-state index in [2.05, 4.69) is 15.1 Å². The first-order chi connectivity index (χ1) is 9.32. The molecule has 2 heterocycles. The first kappa shape index (κ1) is 14.8. The Kier molecular flexibility index (Phi) is 3.99. The van der Waals surface area contributed by atoms with Crippen LogP contribution in [0.5, 0.6) is 0 Å². The number of hydrogen-bond acceptors (Lipinski definition) is 3. The van der Waals surface area contributed by atoms with Crippen LogP contribution in [0.1, 0.15) is 30.3 Å². The van der Waals surface area contributed by atoms with Crippen molar-refractivity contribution < 1.29 is 13.2 Å². The van der Waals surface area contributed by atoms with Crippen molar-refractivity contribution in [2.45, 2.75) is 32.9 Å². The van der Waals surface area contributed by atoms with Gasteiger partial charge in [-0.05, 0) is 13.3 Å². The Morgan fingerprint density at radius 2 is 2.00 bits per heavy atom. The average molecular weight is 305 g/mol. The lowest BCUT2D eigenvalue weighted by Crippen LogP contribution is -2.07. The van der Waals surface area contributed by atoms with E-state index in [-0.39, 0.29) is 11.0 Å². The highest BCUT2D eigenvalue weighted by Crippen LogP contribution is 2.29. The average Bonchev–Trinajstić information content (AvgIpc) is 2.83.